The first kappa shape index (κ1) is 15.5. The Kier molecular flexibility index (Phi) is 6.69. The second kappa shape index (κ2) is 7.78. The minimum absolute atomic E-state index is 0.254. The van der Waals surface area contributed by atoms with E-state index in [0.717, 1.165) is 19.4 Å². The molecule has 0 bridgehead atoms. The Morgan fingerprint density at radius 2 is 2.00 bits per heavy atom. The normalized spacial score (nSPS) is 26.4. The van der Waals surface area contributed by atoms with Gasteiger partial charge in [-0.2, -0.15) is 0 Å². The summed E-state index contributed by atoms with van der Waals surface area (Å²) in [5.41, 5.74) is 0. The molecule has 18 heavy (non-hydrogen) atoms. The monoisotopic (exact) mass is 255 g/mol. The van der Waals surface area contributed by atoms with Crippen molar-refractivity contribution >= 4 is 5.97 Å². The standard InChI is InChI=1S/C15H29NO2/c1-4-5-6-7-8-9-13(3)16-11-10-12(2)14(16)15(17)18/h12-14H,4-11H2,1-3H3,(H,17,18). The highest BCUT2D eigenvalue weighted by Crippen LogP contribution is 2.27. The summed E-state index contributed by atoms with van der Waals surface area (Å²) in [5.74, 6) is -0.345. The van der Waals surface area contributed by atoms with Crippen LogP contribution in [0.4, 0.5) is 0 Å². The number of carboxylic acid groups (broad SMARTS) is 1. The van der Waals surface area contributed by atoms with Crippen molar-refractivity contribution in [2.24, 2.45) is 5.92 Å². The highest BCUT2D eigenvalue weighted by molar-refractivity contribution is 5.74. The molecular formula is C15H29NO2. The van der Waals surface area contributed by atoms with E-state index in [1.165, 1.54) is 32.1 Å². The Morgan fingerprint density at radius 3 is 2.61 bits per heavy atom. The van der Waals surface area contributed by atoms with Crippen LogP contribution >= 0.6 is 0 Å². The van der Waals surface area contributed by atoms with Crippen LogP contribution in [0, 0.1) is 5.92 Å². The summed E-state index contributed by atoms with van der Waals surface area (Å²) in [6.45, 7) is 7.43. The zero-order valence-corrected chi connectivity index (χ0v) is 12.2. The van der Waals surface area contributed by atoms with Gasteiger partial charge in [0, 0.05) is 6.04 Å². The fourth-order valence-corrected chi connectivity index (χ4v) is 3.07. The molecule has 0 amide bonds. The van der Waals surface area contributed by atoms with E-state index in [-0.39, 0.29) is 6.04 Å². The molecule has 1 aliphatic heterocycles. The summed E-state index contributed by atoms with van der Waals surface area (Å²) in [6, 6.07) is 0.160. The lowest BCUT2D eigenvalue weighted by atomic mass is 10.0. The van der Waals surface area contributed by atoms with Crippen LogP contribution in [-0.2, 0) is 4.79 Å². The van der Waals surface area contributed by atoms with Gasteiger partial charge in [-0.15, -0.1) is 0 Å². The molecular weight excluding hydrogens is 226 g/mol. The molecule has 1 saturated heterocycles. The largest absolute Gasteiger partial charge is 0.480 e. The van der Waals surface area contributed by atoms with Crippen molar-refractivity contribution in [3.8, 4) is 0 Å². The van der Waals surface area contributed by atoms with Crippen LogP contribution < -0.4 is 0 Å². The first-order valence-corrected chi connectivity index (χ1v) is 7.56. The summed E-state index contributed by atoms with van der Waals surface area (Å²) in [4.78, 5) is 13.5. The predicted octanol–water partition coefficient (Wildman–Crippen LogP) is 3.53. The van der Waals surface area contributed by atoms with Gasteiger partial charge in [0.15, 0.2) is 0 Å². The van der Waals surface area contributed by atoms with Gasteiger partial charge in [-0.05, 0) is 32.2 Å². The number of rotatable bonds is 8. The number of hydrogen-bond donors (Lipinski definition) is 1. The second-order valence-corrected chi connectivity index (χ2v) is 5.84. The average Bonchev–Trinajstić information content (AvgIpc) is 2.70. The van der Waals surface area contributed by atoms with Crippen molar-refractivity contribution in [3.63, 3.8) is 0 Å². The van der Waals surface area contributed by atoms with Gasteiger partial charge in [-0.3, -0.25) is 9.69 Å². The molecule has 0 saturated carbocycles. The Morgan fingerprint density at radius 1 is 1.33 bits per heavy atom. The van der Waals surface area contributed by atoms with Gasteiger partial charge in [0.05, 0.1) is 0 Å². The third kappa shape index (κ3) is 4.27. The highest BCUT2D eigenvalue weighted by Gasteiger charge is 2.38. The quantitative estimate of drug-likeness (QED) is 0.674. The topological polar surface area (TPSA) is 40.5 Å². The minimum Gasteiger partial charge on any atom is -0.480 e. The molecule has 3 nitrogen and oxygen atoms in total. The lowest BCUT2D eigenvalue weighted by Gasteiger charge is -2.29. The molecule has 3 unspecified atom stereocenters. The molecule has 1 rings (SSSR count). The molecule has 3 atom stereocenters. The van der Waals surface area contributed by atoms with Gasteiger partial charge in [-0.1, -0.05) is 46.0 Å². The first-order chi connectivity index (χ1) is 8.57. The zero-order chi connectivity index (χ0) is 13.5. The van der Waals surface area contributed by atoms with E-state index in [0.29, 0.717) is 12.0 Å². The average molecular weight is 255 g/mol. The van der Waals surface area contributed by atoms with Crippen molar-refractivity contribution < 1.29 is 9.90 Å². The van der Waals surface area contributed by atoms with E-state index in [4.69, 9.17) is 0 Å². The molecule has 0 aliphatic carbocycles. The van der Waals surface area contributed by atoms with Crippen LogP contribution in [0.15, 0.2) is 0 Å². The predicted molar refractivity (Wildman–Crippen MR) is 74.7 cm³/mol. The molecule has 0 aromatic heterocycles. The maximum Gasteiger partial charge on any atom is 0.321 e. The molecule has 1 fully saturated rings. The van der Waals surface area contributed by atoms with Gasteiger partial charge < -0.3 is 5.11 Å². The number of carboxylic acids is 1. The van der Waals surface area contributed by atoms with Crippen LogP contribution in [0.2, 0.25) is 0 Å². The number of hydrogen-bond acceptors (Lipinski definition) is 2. The van der Waals surface area contributed by atoms with Gasteiger partial charge >= 0.3 is 5.97 Å². The number of carbonyl (C=O) groups is 1. The number of nitrogens with zero attached hydrogens (tertiary/aromatic N) is 1. The Labute approximate surface area is 112 Å². The van der Waals surface area contributed by atoms with Crippen molar-refractivity contribution in [2.75, 3.05) is 6.54 Å². The molecule has 0 aromatic carbocycles. The summed E-state index contributed by atoms with van der Waals surface area (Å²) < 4.78 is 0. The maximum absolute atomic E-state index is 11.3. The number of aliphatic carboxylic acids is 1. The smallest absolute Gasteiger partial charge is 0.321 e. The van der Waals surface area contributed by atoms with E-state index in [9.17, 15) is 9.90 Å². The Hall–Kier alpha value is -0.570. The Bertz CT molecular complexity index is 255. The lowest BCUT2D eigenvalue weighted by Crippen LogP contribution is -2.44. The highest BCUT2D eigenvalue weighted by atomic mass is 16.4. The molecule has 0 aromatic rings. The molecule has 1 heterocycles. The van der Waals surface area contributed by atoms with E-state index >= 15 is 0 Å². The first-order valence-electron chi connectivity index (χ1n) is 7.56. The van der Waals surface area contributed by atoms with Crippen molar-refractivity contribution in [2.45, 2.75) is 77.8 Å². The number of likely N-dealkylation sites (tertiary alicyclic amines) is 1. The van der Waals surface area contributed by atoms with Crippen molar-refractivity contribution in [3.05, 3.63) is 0 Å². The van der Waals surface area contributed by atoms with E-state index in [1.54, 1.807) is 0 Å². The summed E-state index contributed by atoms with van der Waals surface area (Å²) in [7, 11) is 0. The third-order valence-electron chi connectivity index (χ3n) is 4.28. The fourth-order valence-electron chi connectivity index (χ4n) is 3.07. The van der Waals surface area contributed by atoms with Crippen molar-refractivity contribution in [1.29, 1.82) is 0 Å². The molecule has 0 spiro atoms. The van der Waals surface area contributed by atoms with E-state index in [2.05, 4.69) is 25.7 Å². The molecule has 3 heteroatoms. The summed E-state index contributed by atoms with van der Waals surface area (Å²) >= 11 is 0. The van der Waals surface area contributed by atoms with Gasteiger partial charge in [0.2, 0.25) is 0 Å². The SMILES string of the molecule is CCCCCCCC(C)N1CCC(C)C1C(=O)O. The summed E-state index contributed by atoms with van der Waals surface area (Å²) in [5, 5.41) is 9.30. The minimum atomic E-state index is -0.641. The zero-order valence-electron chi connectivity index (χ0n) is 12.2. The van der Waals surface area contributed by atoms with Crippen LogP contribution in [-0.4, -0.2) is 34.6 Å². The molecule has 1 aliphatic rings. The molecule has 0 radical (unpaired) electrons. The third-order valence-corrected chi connectivity index (χ3v) is 4.28. The van der Waals surface area contributed by atoms with E-state index in [1.807, 2.05) is 0 Å². The molecule has 106 valence electrons. The second-order valence-electron chi connectivity index (χ2n) is 5.84. The number of unbranched alkanes of at least 4 members (excludes halogenated alkanes) is 4. The lowest BCUT2D eigenvalue weighted by molar-refractivity contribution is -0.144. The van der Waals surface area contributed by atoms with Crippen LogP contribution in [0.25, 0.3) is 0 Å². The van der Waals surface area contributed by atoms with Crippen LogP contribution in [0.1, 0.15) is 65.7 Å². The van der Waals surface area contributed by atoms with Gasteiger partial charge in [0.25, 0.3) is 0 Å². The molecule has 1 N–H and O–H groups in total. The fraction of sp³-hybridized carbons (Fsp3) is 0.933. The van der Waals surface area contributed by atoms with E-state index < -0.39 is 5.97 Å². The Balaban J connectivity index is 2.32. The summed E-state index contributed by atoms with van der Waals surface area (Å²) in [6.07, 6.45) is 8.62. The van der Waals surface area contributed by atoms with Gasteiger partial charge in [0.1, 0.15) is 6.04 Å². The van der Waals surface area contributed by atoms with Crippen molar-refractivity contribution in [1.82, 2.24) is 4.90 Å². The van der Waals surface area contributed by atoms with Crippen LogP contribution in [0.3, 0.4) is 0 Å². The van der Waals surface area contributed by atoms with Crippen LogP contribution in [0.5, 0.6) is 0 Å². The maximum atomic E-state index is 11.3. The van der Waals surface area contributed by atoms with Gasteiger partial charge in [-0.25, -0.2) is 0 Å².